The molecule has 5 N–H and O–H groups in total. The molecule has 11 nitrogen and oxygen atoms in total. The summed E-state index contributed by atoms with van der Waals surface area (Å²) in [5, 5.41) is 32.0. The Balaban J connectivity index is 1.75. The molecule has 0 aliphatic carbocycles. The van der Waals surface area contributed by atoms with E-state index in [0.29, 0.717) is 5.56 Å². The molecule has 0 unspecified atom stereocenters. The Kier molecular flexibility index (Phi) is 5.92. The first-order valence-corrected chi connectivity index (χ1v) is 8.68. The Labute approximate surface area is 163 Å². The summed E-state index contributed by atoms with van der Waals surface area (Å²) in [6.07, 6.45) is -5.39. The number of aromatic nitrogens is 2. The SMILES string of the molecule is O=C(O)[C@H](Cc1ccccc1)NC(=O)[C@H]1O[C@@H](n2ccc(=O)[nH]c2=O)[C@H](O)[C@@H]1O. The van der Waals surface area contributed by atoms with Crippen LogP contribution in [0.15, 0.2) is 52.2 Å². The second kappa shape index (κ2) is 8.39. The number of carboxylic acids is 1. The highest BCUT2D eigenvalue weighted by molar-refractivity contribution is 5.87. The smallest absolute Gasteiger partial charge is 0.330 e. The minimum Gasteiger partial charge on any atom is -0.480 e. The first-order valence-electron chi connectivity index (χ1n) is 8.68. The van der Waals surface area contributed by atoms with Gasteiger partial charge in [0.1, 0.15) is 18.2 Å². The van der Waals surface area contributed by atoms with Gasteiger partial charge in [-0.15, -0.1) is 0 Å². The van der Waals surface area contributed by atoms with Gasteiger partial charge in [0.2, 0.25) is 0 Å². The number of carbonyl (C=O) groups excluding carboxylic acids is 1. The monoisotopic (exact) mass is 405 g/mol. The van der Waals surface area contributed by atoms with Crippen molar-refractivity contribution < 1.29 is 29.6 Å². The lowest BCUT2D eigenvalue weighted by Crippen LogP contribution is -2.50. The zero-order valence-corrected chi connectivity index (χ0v) is 15.0. The van der Waals surface area contributed by atoms with Crippen molar-refractivity contribution in [2.24, 2.45) is 0 Å². The van der Waals surface area contributed by atoms with Crippen LogP contribution in [0.5, 0.6) is 0 Å². The molecule has 154 valence electrons. The minimum absolute atomic E-state index is 0.00388. The van der Waals surface area contributed by atoms with E-state index in [2.05, 4.69) is 5.32 Å². The number of nitrogens with one attached hydrogen (secondary N) is 2. The molecule has 1 saturated heterocycles. The molecule has 2 aromatic rings. The molecule has 1 aromatic carbocycles. The Morgan fingerprint density at radius 2 is 1.83 bits per heavy atom. The van der Waals surface area contributed by atoms with Crippen LogP contribution in [0.4, 0.5) is 0 Å². The van der Waals surface area contributed by atoms with Crippen LogP contribution >= 0.6 is 0 Å². The molecule has 0 spiro atoms. The van der Waals surface area contributed by atoms with Crippen molar-refractivity contribution in [2.45, 2.75) is 37.0 Å². The topological polar surface area (TPSA) is 171 Å². The van der Waals surface area contributed by atoms with E-state index in [0.717, 1.165) is 16.8 Å². The van der Waals surface area contributed by atoms with Crippen LogP contribution in [0.2, 0.25) is 0 Å². The third-order valence-electron chi connectivity index (χ3n) is 4.52. The second-order valence-corrected chi connectivity index (χ2v) is 6.53. The van der Waals surface area contributed by atoms with Gasteiger partial charge in [-0.05, 0) is 5.56 Å². The summed E-state index contributed by atoms with van der Waals surface area (Å²) in [4.78, 5) is 49.0. The Morgan fingerprint density at radius 3 is 2.45 bits per heavy atom. The number of amides is 1. The van der Waals surface area contributed by atoms with Crippen molar-refractivity contribution in [3.05, 3.63) is 69.0 Å². The summed E-state index contributed by atoms with van der Waals surface area (Å²) in [7, 11) is 0. The summed E-state index contributed by atoms with van der Waals surface area (Å²) in [5.74, 6) is -2.25. The maximum Gasteiger partial charge on any atom is 0.330 e. The van der Waals surface area contributed by atoms with Crippen LogP contribution in [0.1, 0.15) is 11.8 Å². The quantitative estimate of drug-likeness (QED) is 0.366. The number of ether oxygens (including phenoxy) is 1. The first kappa shape index (κ1) is 20.5. The average molecular weight is 405 g/mol. The lowest BCUT2D eigenvalue weighted by Gasteiger charge is -2.19. The number of aliphatic hydroxyl groups excluding tert-OH is 2. The number of aliphatic carboxylic acids is 1. The predicted molar refractivity (Wildman–Crippen MR) is 97.0 cm³/mol. The molecule has 0 bridgehead atoms. The van der Waals surface area contributed by atoms with E-state index in [9.17, 15) is 34.5 Å². The lowest BCUT2D eigenvalue weighted by atomic mass is 10.0. The number of carboxylic acid groups (broad SMARTS) is 1. The normalized spacial score (nSPS) is 24.8. The van der Waals surface area contributed by atoms with Crippen molar-refractivity contribution in [1.29, 1.82) is 0 Å². The summed E-state index contributed by atoms with van der Waals surface area (Å²) < 4.78 is 6.14. The molecule has 1 aromatic heterocycles. The minimum atomic E-state index is -1.72. The number of aliphatic hydroxyl groups is 2. The summed E-state index contributed by atoms with van der Waals surface area (Å²) >= 11 is 0. The lowest BCUT2D eigenvalue weighted by molar-refractivity contribution is -0.146. The predicted octanol–water partition coefficient (Wildman–Crippen LogP) is -2.03. The fourth-order valence-electron chi connectivity index (χ4n) is 3.04. The van der Waals surface area contributed by atoms with E-state index in [1.807, 2.05) is 4.98 Å². The van der Waals surface area contributed by atoms with E-state index in [1.165, 1.54) is 0 Å². The van der Waals surface area contributed by atoms with Crippen LogP contribution in [0.3, 0.4) is 0 Å². The number of aromatic amines is 1. The molecule has 11 heteroatoms. The maximum atomic E-state index is 12.5. The highest BCUT2D eigenvalue weighted by Gasteiger charge is 2.48. The second-order valence-electron chi connectivity index (χ2n) is 6.53. The van der Waals surface area contributed by atoms with Crippen LogP contribution in [0, 0.1) is 0 Å². The maximum absolute atomic E-state index is 12.5. The van der Waals surface area contributed by atoms with Crippen molar-refractivity contribution in [3.8, 4) is 0 Å². The van der Waals surface area contributed by atoms with Crippen LogP contribution in [0.25, 0.3) is 0 Å². The largest absolute Gasteiger partial charge is 0.480 e. The molecule has 1 aliphatic rings. The van der Waals surface area contributed by atoms with E-state index < -0.39 is 53.7 Å². The summed E-state index contributed by atoms with van der Waals surface area (Å²) in [6.45, 7) is 0. The molecular weight excluding hydrogens is 386 g/mol. The number of carbonyl (C=O) groups is 2. The van der Waals surface area contributed by atoms with E-state index in [4.69, 9.17) is 4.74 Å². The fraction of sp³-hybridized carbons (Fsp3) is 0.333. The molecule has 0 radical (unpaired) electrons. The van der Waals surface area contributed by atoms with Crippen LogP contribution < -0.4 is 16.6 Å². The van der Waals surface area contributed by atoms with Crippen molar-refractivity contribution in [2.75, 3.05) is 0 Å². The third kappa shape index (κ3) is 4.42. The zero-order valence-electron chi connectivity index (χ0n) is 15.0. The van der Waals surface area contributed by atoms with Gasteiger partial charge in [0, 0.05) is 18.7 Å². The van der Waals surface area contributed by atoms with Crippen LogP contribution in [-0.4, -0.2) is 61.1 Å². The number of hydrogen-bond acceptors (Lipinski definition) is 7. The molecule has 29 heavy (non-hydrogen) atoms. The van der Waals surface area contributed by atoms with Gasteiger partial charge in [0.15, 0.2) is 12.3 Å². The highest BCUT2D eigenvalue weighted by atomic mass is 16.6. The number of rotatable bonds is 6. The standard InChI is InChI=1S/C18H19N3O8/c22-11-6-7-21(18(28)20-11)16-13(24)12(23)14(29-16)15(25)19-10(17(26)27)8-9-4-2-1-3-5-9/h1-7,10,12-14,16,23-24H,8H2,(H,19,25)(H,26,27)(H,20,22,28)/t10-,12-,13+,14-,16+/m0/s1. The number of benzene rings is 1. The van der Waals surface area contributed by atoms with Crippen molar-refractivity contribution in [3.63, 3.8) is 0 Å². The molecule has 3 rings (SSSR count). The first-order chi connectivity index (χ1) is 13.8. The van der Waals surface area contributed by atoms with Gasteiger partial charge >= 0.3 is 11.7 Å². The molecule has 0 saturated carbocycles. The van der Waals surface area contributed by atoms with Gasteiger partial charge in [-0.2, -0.15) is 0 Å². The fourth-order valence-corrected chi connectivity index (χ4v) is 3.04. The third-order valence-corrected chi connectivity index (χ3v) is 4.52. The number of nitrogens with zero attached hydrogens (tertiary/aromatic N) is 1. The van der Waals surface area contributed by atoms with E-state index in [-0.39, 0.29) is 6.42 Å². The molecule has 1 aliphatic heterocycles. The van der Waals surface area contributed by atoms with E-state index in [1.54, 1.807) is 30.3 Å². The highest BCUT2D eigenvalue weighted by Crippen LogP contribution is 2.28. The summed E-state index contributed by atoms with van der Waals surface area (Å²) in [5.41, 5.74) is -0.896. The van der Waals surface area contributed by atoms with Crippen LogP contribution in [-0.2, 0) is 20.7 Å². The average Bonchev–Trinajstić information content (AvgIpc) is 2.97. The Hall–Kier alpha value is -3.28. The van der Waals surface area contributed by atoms with Gasteiger partial charge < -0.3 is 25.4 Å². The van der Waals surface area contributed by atoms with Crippen molar-refractivity contribution in [1.82, 2.24) is 14.9 Å². The van der Waals surface area contributed by atoms with E-state index >= 15 is 0 Å². The van der Waals surface area contributed by atoms with Gasteiger partial charge in [0.25, 0.3) is 11.5 Å². The van der Waals surface area contributed by atoms with Gasteiger partial charge in [-0.25, -0.2) is 9.59 Å². The van der Waals surface area contributed by atoms with Crippen molar-refractivity contribution >= 4 is 11.9 Å². The Morgan fingerprint density at radius 1 is 1.14 bits per heavy atom. The molecule has 1 amide bonds. The molecule has 2 heterocycles. The molecular formula is C18H19N3O8. The number of H-pyrrole nitrogens is 1. The molecule has 5 atom stereocenters. The Bertz CT molecular complexity index is 1000. The van der Waals surface area contributed by atoms with Gasteiger partial charge in [-0.1, -0.05) is 30.3 Å². The van der Waals surface area contributed by atoms with Gasteiger partial charge in [0.05, 0.1) is 0 Å². The van der Waals surface area contributed by atoms with Gasteiger partial charge in [-0.3, -0.25) is 19.1 Å². The zero-order chi connectivity index (χ0) is 21.1. The molecule has 1 fully saturated rings. The number of hydrogen-bond donors (Lipinski definition) is 5. The summed E-state index contributed by atoms with van der Waals surface area (Å²) in [6, 6.07) is 8.33.